The number of benzene rings is 3. The Bertz CT molecular complexity index is 1550. The highest BCUT2D eigenvalue weighted by molar-refractivity contribution is 6.80. The molecule has 22 heteroatoms. The number of aromatic hydroxyl groups is 3. The molecule has 338 valence electrons. The van der Waals surface area contributed by atoms with E-state index in [9.17, 15) is 30.6 Å². The largest absolute Gasteiger partial charge is 0.506 e. The van der Waals surface area contributed by atoms with Crippen molar-refractivity contribution < 1.29 is 75.2 Å². The van der Waals surface area contributed by atoms with Gasteiger partial charge in [0.1, 0.15) is 35.9 Å². The van der Waals surface area contributed by atoms with Gasteiger partial charge in [0.15, 0.2) is 0 Å². The van der Waals surface area contributed by atoms with Gasteiger partial charge in [-0.3, -0.25) is 0 Å². The van der Waals surface area contributed by atoms with E-state index in [1.54, 1.807) is 54.6 Å². The minimum absolute atomic E-state index is 0.000106. The molecule has 9 N–H and O–H groups in total. The van der Waals surface area contributed by atoms with Crippen LogP contribution in [0.15, 0.2) is 72.8 Å². The molecule has 0 saturated heterocycles. The average molecular weight is 902 g/mol. The number of aliphatic hydroxyl groups excluding tert-OH is 3. The molecular weight excluding hydrogens is 839 g/mol. The van der Waals surface area contributed by atoms with Gasteiger partial charge in [0, 0.05) is 73.5 Å². The predicted molar refractivity (Wildman–Crippen MR) is 228 cm³/mol. The topological polar surface area (TPSA) is 250 Å². The van der Waals surface area contributed by atoms with Crippen molar-refractivity contribution in [2.24, 2.45) is 0 Å². The number of hydrogen-bond donors (Lipinski definition) is 9. The maximum absolute atomic E-state index is 10.5. The van der Waals surface area contributed by atoms with Crippen LogP contribution in [0, 0.1) is 0 Å². The zero-order valence-electron chi connectivity index (χ0n) is 34.9. The van der Waals surface area contributed by atoms with Crippen LogP contribution in [0.1, 0.15) is 19.3 Å². The molecule has 0 aliphatic heterocycles. The van der Waals surface area contributed by atoms with Crippen LogP contribution in [-0.2, 0) is 44.6 Å². The standard InChI is InChI=1S/C38H63N3O16Si3/c1-48-58(49-2,24-12-21-53-27-36(45)39-30-15-6-9-18-33(30)42)56-60(52-5,26-14-23-55-29-38(47)41-32-17-8-11-20-35(32)44)57-59(50-3,51-4)25-13-22-54-28-37(46)40-31-16-7-10-19-34(31)43/h6-11,15-20,36-47H,12-14,21-29H2,1-5H3. The zero-order chi connectivity index (χ0) is 43.9. The molecule has 3 aromatic carbocycles. The molecule has 3 rings (SSSR count). The van der Waals surface area contributed by atoms with E-state index in [1.165, 1.54) is 53.7 Å². The Morgan fingerprint density at radius 3 is 0.967 bits per heavy atom. The summed E-state index contributed by atoms with van der Waals surface area (Å²) in [4.78, 5) is 0. The van der Waals surface area contributed by atoms with Gasteiger partial charge in [0.25, 0.3) is 0 Å². The van der Waals surface area contributed by atoms with Crippen molar-refractivity contribution in [1.29, 1.82) is 0 Å². The lowest BCUT2D eigenvalue weighted by molar-refractivity contribution is 0.0407. The van der Waals surface area contributed by atoms with Crippen LogP contribution in [0.4, 0.5) is 17.1 Å². The third kappa shape index (κ3) is 17.2. The van der Waals surface area contributed by atoms with Crippen LogP contribution < -0.4 is 16.0 Å². The van der Waals surface area contributed by atoms with Crippen molar-refractivity contribution in [3.63, 3.8) is 0 Å². The molecule has 0 aliphatic carbocycles. The second kappa shape index (κ2) is 26.8. The molecule has 0 amide bonds. The van der Waals surface area contributed by atoms with Crippen LogP contribution >= 0.6 is 0 Å². The van der Waals surface area contributed by atoms with Gasteiger partial charge in [0.2, 0.25) is 0 Å². The van der Waals surface area contributed by atoms with Gasteiger partial charge in [-0.25, -0.2) is 0 Å². The molecule has 0 spiro atoms. The van der Waals surface area contributed by atoms with E-state index < -0.39 is 45.1 Å². The minimum Gasteiger partial charge on any atom is -0.506 e. The lowest BCUT2D eigenvalue weighted by atomic mass is 10.3. The second-order valence-corrected chi connectivity index (χ2v) is 22.6. The molecule has 0 aromatic heterocycles. The molecule has 0 bridgehead atoms. The summed E-state index contributed by atoms with van der Waals surface area (Å²) in [7, 11) is -3.58. The lowest BCUT2D eigenvalue weighted by Crippen LogP contribution is -2.63. The summed E-state index contributed by atoms with van der Waals surface area (Å²) in [6, 6.07) is 20.4. The van der Waals surface area contributed by atoms with Crippen molar-refractivity contribution in [1.82, 2.24) is 0 Å². The van der Waals surface area contributed by atoms with E-state index in [0.717, 1.165) is 0 Å². The first-order valence-electron chi connectivity index (χ1n) is 19.4. The van der Waals surface area contributed by atoms with Crippen LogP contribution in [0.3, 0.4) is 0 Å². The Labute approximate surface area is 355 Å². The summed E-state index contributed by atoms with van der Waals surface area (Å²) in [5.41, 5.74) is 1.10. The number of nitrogens with one attached hydrogen (secondary N) is 3. The molecule has 3 atom stereocenters. The normalized spacial score (nSPS) is 14.6. The number of rotatable bonds is 33. The Morgan fingerprint density at radius 2 is 0.700 bits per heavy atom. The van der Waals surface area contributed by atoms with Crippen LogP contribution in [0.5, 0.6) is 17.2 Å². The minimum atomic E-state index is -3.84. The van der Waals surface area contributed by atoms with Crippen LogP contribution in [0.2, 0.25) is 18.1 Å². The molecular formula is C38H63N3O16Si3. The van der Waals surface area contributed by atoms with Crippen LogP contribution in [-0.4, -0.2) is 151 Å². The molecule has 0 aliphatic rings. The summed E-state index contributed by atoms with van der Waals surface area (Å²) >= 11 is 0. The van der Waals surface area contributed by atoms with E-state index >= 15 is 0 Å². The number of phenolic OH excluding ortho intramolecular Hbond substituents is 3. The van der Waals surface area contributed by atoms with Gasteiger partial charge in [-0.2, -0.15) is 0 Å². The molecule has 0 saturated carbocycles. The first-order chi connectivity index (χ1) is 28.9. The summed E-state index contributed by atoms with van der Waals surface area (Å²) in [5.74, 6) is -0.00916. The summed E-state index contributed by atoms with van der Waals surface area (Å²) in [6.45, 7) is 0.377. The molecule has 0 heterocycles. The molecule has 0 radical (unpaired) electrons. The fourth-order valence-electron chi connectivity index (χ4n) is 5.83. The van der Waals surface area contributed by atoms with E-state index in [-0.39, 0.29) is 75.0 Å². The van der Waals surface area contributed by atoms with Crippen molar-refractivity contribution >= 4 is 43.5 Å². The first-order valence-corrected chi connectivity index (χ1v) is 25.2. The van der Waals surface area contributed by atoms with Crippen molar-refractivity contribution in [3.8, 4) is 17.2 Å². The SMILES string of the molecule is CO[Si](CCCOCC(O)Nc1ccccc1O)(OC)O[Si](CCCOCC(O)Nc1ccccc1O)(OC)O[Si](CCCOCC(O)Nc1ccccc1O)(OC)OC. The van der Waals surface area contributed by atoms with Crippen molar-refractivity contribution in [2.75, 3.05) is 91.1 Å². The smallest absolute Gasteiger partial charge is 0.493 e. The fraction of sp³-hybridized carbons (Fsp3) is 0.526. The van der Waals surface area contributed by atoms with Gasteiger partial charge >= 0.3 is 26.4 Å². The number of aliphatic hydroxyl groups is 3. The monoisotopic (exact) mass is 901 g/mol. The van der Waals surface area contributed by atoms with E-state index in [4.69, 9.17) is 44.6 Å². The summed E-state index contributed by atoms with van der Waals surface area (Å²) in [6.07, 6.45) is -2.08. The third-order valence-corrected chi connectivity index (χ3v) is 20.0. The summed E-state index contributed by atoms with van der Waals surface area (Å²) < 4.78 is 60.7. The Morgan fingerprint density at radius 1 is 0.433 bits per heavy atom. The van der Waals surface area contributed by atoms with Crippen molar-refractivity contribution in [3.05, 3.63) is 72.8 Å². The highest BCUT2D eigenvalue weighted by Crippen LogP contribution is 2.32. The molecule has 60 heavy (non-hydrogen) atoms. The number of para-hydroxylation sites is 6. The van der Waals surface area contributed by atoms with Gasteiger partial charge in [-0.1, -0.05) is 36.4 Å². The maximum atomic E-state index is 10.5. The van der Waals surface area contributed by atoms with E-state index in [0.29, 0.717) is 36.3 Å². The van der Waals surface area contributed by atoms with Gasteiger partial charge in [0.05, 0.1) is 36.9 Å². The zero-order valence-corrected chi connectivity index (χ0v) is 37.9. The van der Waals surface area contributed by atoms with Gasteiger partial charge in [-0.05, 0) is 55.7 Å². The van der Waals surface area contributed by atoms with Crippen molar-refractivity contribution in [2.45, 2.75) is 56.1 Å². The van der Waals surface area contributed by atoms with E-state index in [2.05, 4.69) is 16.0 Å². The number of phenols is 3. The number of ether oxygens (including phenoxy) is 3. The first kappa shape index (κ1) is 50.9. The number of anilines is 3. The number of hydrogen-bond acceptors (Lipinski definition) is 19. The van der Waals surface area contributed by atoms with Gasteiger partial charge < -0.3 is 91.2 Å². The second-order valence-electron chi connectivity index (χ2n) is 13.3. The Hall–Kier alpha value is -3.41. The molecule has 3 unspecified atom stereocenters. The third-order valence-electron chi connectivity index (χ3n) is 9.00. The van der Waals surface area contributed by atoms with Gasteiger partial charge in [-0.15, -0.1) is 0 Å². The molecule has 19 nitrogen and oxygen atoms in total. The average Bonchev–Trinajstić information content (AvgIpc) is 3.24. The Kier molecular flexibility index (Phi) is 22.8. The molecule has 3 aromatic rings. The van der Waals surface area contributed by atoms with E-state index in [1.807, 2.05) is 0 Å². The van der Waals surface area contributed by atoms with Crippen LogP contribution in [0.25, 0.3) is 0 Å². The highest BCUT2D eigenvalue weighted by atomic mass is 28.5. The maximum Gasteiger partial charge on any atom is 0.493 e. The summed E-state index contributed by atoms with van der Waals surface area (Å²) in [5, 5.41) is 69.7. The highest BCUT2D eigenvalue weighted by Gasteiger charge is 2.57. The fourth-order valence-corrected chi connectivity index (χ4v) is 16.9. The lowest BCUT2D eigenvalue weighted by Gasteiger charge is -2.40. The quantitative estimate of drug-likeness (QED) is 0.0183. The molecule has 0 fully saturated rings. The predicted octanol–water partition coefficient (Wildman–Crippen LogP) is 3.70. The Balaban J connectivity index is 1.65.